The summed E-state index contributed by atoms with van der Waals surface area (Å²) < 4.78 is 9.45. The topological polar surface area (TPSA) is 115 Å². The van der Waals surface area contributed by atoms with Gasteiger partial charge in [-0.1, -0.05) is 36.4 Å². The van der Waals surface area contributed by atoms with Crippen molar-refractivity contribution in [1.29, 1.82) is 0 Å². The lowest BCUT2D eigenvalue weighted by atomic mass is 10.1. The van der Waals surface area contributed by atoms with Crippen LogP contribution < -0.4 is 11.3 Å². The average Bonchev–Trinajstić information content (AvgIpc) is 3.14. The van der Waals surface area contributed by atoms with Crippen molar-refractivity contribution in [1.82, 2.24) is 5.16 Å². The van der Waals surface area contributed by atoms with Crippen molar-refractivity contribution >= 4 is 17.6 Å². The number of hydrogen-bond donors (Lipinski definition) is 2. The molecular weight excluding hydrogens is 312 g/mol. The number of ketones is 1. The smallest absolute Gasteiger partial charge is 0.306 e. The van der Waals surface area contributed by atoms with Gasteiger partial charge >= 0.3 is 5.97 Å². The molecule has 1 aromatic heterocycles. The Morgan fingerprint density at radius 2 is 2.04 bits per heavy atom. The molecule has 0 bridgehead atoms. The molecule has 1 fully saturated rings. The van der Waals surface area contributed by atoms with Crippen molar-refractivity contribution in [3.63, 3.8) is 0 Å². The largest absolute Gasteiger partial charge is 0.462 e. The third-order valence-electron chi connectivity index (χ3n) is 3.39. The number of aromatic amines is 1. The van der Waals surface area contributed by atoms with E-state index in [1.807, 2.05) is 5.16 Å². The van der Waals surface area contributed by atoms with Crippen LogP contribution in [0.5, 0.6) is 0 Å². The van der Waals surface area contributed by atoms with Crippen LogP contribution in [0, 0.1) is 0 Å². The van der Waals surface area contributed by atoms with Gasteiger partial charge < -0.3 is 15.0 Å². The quantitative estimate of drug-likeness (QED) is 0.503. The minimum absolute atomic E-state index is 0.0677. The van der Waals surface area contributed by atoms with Gasteiger partial charge in [-0.25, -0.2) is 0 Å². The van der Waals surface area contributed by atoms with Crippen LogP contribution in [0.15, 0.2) is 52.3 Å². The first-order chi connectivity index (χ1) is 11.5. The van der Waals surface area contributed by atoms with Crippen LogP contribution in [0.4, 0.5) is 5.88 Å². The van der Waals surface area contributed by atoms with E-state index < -0.39 is 11.3 Å². The molecule has 0 saturated carbocycles. The SMILES string of the molecule is C=CCC1CCC(=O)O1.Nc1o[nH]c(=O)c1C(=O)c1ccccc1. The normalized spacial score (nSPS) is 16.0. The Morgan fingerprint density at radius 1 is 1.33 bits per heavy atom. The van der Waals surface area contributed by atoms with Crippen LogP contribution in [0.1, 0.15) is 35.2 Å². The van der Waals surface area contributed by atoms with E-state index in [2.05, 4.69) is 11.1 Å². The number of nitrogens with two attached hydrogens (primary N) is 1. The van der Waals surface area contributed by atoms with Gasteiger partial charge in [0.1, 0.15) is 6.10 Å². The van der Waals surface area contributed by atoms with E-state index >= 15 is 0 Å². The molecule has 0 radical (unpaired) electrons. The lowest BCUT2D eigenvalue weighted by Crippen LogP contribution is -2.14. The number of nitrogens with one attached hydrogen (secondary N) is 1. The van der Waals surface area contributed by atoms with Crippen molar-refractivity contribution in [2.24, 2.45) is 0 Å². The summed E-state index contributed by atoms with van der Waals surface area (Å²) >= 11 is 0. The molecule has 1 aromatic carbocycles. The van der Waals surface area contributed by atoms with E-state index in [1.165, 1.54) is 0 Å². The summed E-state index contributed by atoms with van der Waals surface area (Å²) in [5.41, 5.74) is 5.00. The van der Waals surface area contributed by atoms with Gasteiger partial charge in [-0.15, -0.1) is 6.58 Å². The van der Waals surface area contributed by atoms with E-state index in [4.69, 9.17) is 10.5 Å². The number of rotatable bonds is 4. The third kappa shape index (κ3) is 4.22. The number of aromatic nitrogens is 1. The van der Waals surface area contributed by atoms with Crippen LogP contribution in [-0.4, -0.2) is 23.0 Å². The van der Waals surface area contributed by atoms with Gasteiger partial charge in [0.2, 0.25) is 11.7 Å². The third-order valence-corrected chi connectivity index (χ3v) is 3.39. The van der Waals surface area contributed by atoms with Gasteiger partial charge in [-0.05, 0) is 6.42 Å². The molecule has 0 aliphatic carbocycles. The maximum atomic E-state index is 11.8. The van der Waals surface area contributed by atoms with Crippen LogP contribution in [0.25, 0.3) is 0 Å². The molecule has 1 aliphatic heterocycles. The summed E-state index contributed by atoms with van der Waals surface area (Å²) in [6.45, 7) is 3.56. The van der Waals surface area contributed by atoms with Crippen molar-refractivity contribution in [3.05, 3.63) is 64.5 Å². The van der Waals surface area contributed by atoms with Crippen LogP contribution in [-0.2, 0) is 9.53 Å². The molecule has 0 amide bonds. The second kappa shape index (κ2) is 7.96. The maximum Gasteiger partial charge on any atom is 0.306 e. The number of anilines is 1. The molecule has 1 atom stereocenters. The molecule has 0 spiro atoms. The highest BCUT2D eigenvalue weighted by Gasteiger charge is 2.21. The van der Waals surface area contributed by atoms with Crippen molar-refractivity contribution in [3.8, 4) is 0 Å². The molecule has 2 aromatic rings. The number of esters is 1. The fourth-order valence-corrected chi connectivity index (χ4v) is 2.20. The minimum atomic E-state index is -0.610. The number of H-pyrrole nitrogens is 1. The van der Waals surface area contributed by atoms with Gasteiger partial charge in [0.05, 0.1) is 0 Å². The Hall–Kier alpha value is -3.09. The van der Waals surface area contributed by atoms with Crippen molar-refractivity contribution < 1.29 is 18.8 Å². The zero-order chi connectivity index (χ0) is 17.5. The molecule has 3 N–H and O–H groups in total. The van der Waals surface area contributed by atoms with Gasteiger partial charge in [0.15, 0.2) is 5.56 Å². The highest BCUT2D eigenvalue weighted by molar-refractivity contribution is 6.11. The fourth-order valence-electron chi connectivity index (χ4n) is 2.20. The highest BCUT2D eigenvalue weighted by atomic mass is 16.5. The van der Waals surface area contributed by atoms with E-state index in [9.17, 15) is 14.4 Å². The number of carbonyl (C=O) groups is 2. The van der Waals surface area contributed by atoms with E-state index in [0.29, 0.717) is 12.0 Å². The number of benzene rings is 1. The second-order valence-electron chi connectivity index (χ2n) is 5.14. The lowest BCUT2D eigenvalue weighted by molar-refractivity contribution is -0.141. The molecular formula is C17H18N2O5. The van der Waals surface area contributed by atoms with Crippen molar-refractivity contribution in [2.45, 2.75) is 25.4 Å². The zero-order valence-corrected chi connectivity index (χ0v) is 13.0. The molecule has 7 heteroatoms. The summed E-state index contributed by atoms with van der Waals surface area (Å²) in [6, 6.07) is 8.40. The Kier molecular flexibility index (Phi) is 5.73. The standard InChI is InChI=1S/C10H8N2O3.C7H10O2/c11-9-7(10(14)12-15-9)8(13)6-4-2-1-3-5-6;1-2-3-6-4-5-7(8)9-6/h1-5H,11H2,(H,12,14);2,6H,1,3-5H2. The number of carbonyl (C=O) groups excluding carboxylic acids is 2. The molecule has 1 unspecified atom stereocenters. The first kappa shape index (κ1) is 17.3. The number of nitrogen functional groups attached to an aromatic ring is 1. The summed E-state index contributed by atoms with van der Waals surface area (Å²) in [5, 5.41) is 2.01. The predicted octanol–water partition coefficient (Wildman–Crippen LogP) is 2.05. The summed E-state index contributed by atoms with van der Waals surface area (Å²) in [4.78, 5) is 33.5. The zero-order valence-electron chi connectivity index (χ0n) is 13.0. The fraction of sp³-hybridized carbons (Fsp3) is 0.235. The van der Waals surface area contributed by atoms with Gasteiger partial charge in [-0.2, -0.15) is 5.16 Å². The van der Waals surface area contributed by atoms with Crippen LogP contribution in [0.3, 0.4) is 0 Å². The Labute approximate surface area is 138 Å². The van der Waals surface area contributed by atoms with Gasteiger partial charge in [0.25, 0.3) is 5.56 Å². The lowest BCUT2D eigenvalue weighted by Gasteiger charge is -2.02. The summed E-state index contributed by atoms with van der Waals surface area (Å²) in [7, 11) is 0. The number of cyclic esters (lactones) is 1. The predicted molar refractivity (Wildman–Crippen MR) is 87.5 cm³/mol. The number of ether oxygens (including phenoxy) is 1. The number of hydrogen-bond acceptors (Lipinski definition) is 6. The maximum absolute atomic E-state index is 11.8. The van der Waals surface area contributed by atoms with E-state index in [1.54, 1.807) is 36.4 Å². The Morgan fingerprint density at radius 3 is 2.54 bits per heavy atom. The Bertz CT molecular complexity index is 776. The summed E-state index contributed by atoms with van der Waals surface area (Å²) in [5.74, 6) is -0.696. The molecule has 3 rings (SSSR count). The average molecular weight is 330 g/mol. The van der Waals surface area contributed by atoms with Gasteiger partial charge in [-0.3, -0.25) is 14.4 Å². The molecule has 1 aliphatic rings. The van der Waals surface area contributed by atoms with Crippen LogP contribution >= 0.6 is 0 Å². The molecule has 1 saturated heterocycles. The van der Waals surface area contributed by atoms with E-state index in [-0.39, 0.29) is 23.5 Å². The molecule has 2 heterocycles. The highest BCUT2D eigenvalue weighted by Crippen LogP contribution is 2.16. The monoisotopic (exact) mass is 330 g/mol. The first-order valence-electron chi connectivity index (χ1n) is 7.40. The molecule has 24 heavy (non-hydrogen) atoms. The second-order valence-corrected chi connectivity index (χ2v) is 5.14. The minimum Gasteiger partial charge on any atom is -0.462 e. The van der Waals surface area contributed by atoms with Crippen molar-refractivity contribution in [2.75, 3.05) is 5.73 Å². The molecule has 126 valence electrons. The summed E-state index contributed by atoms with van der Waals surface area (Å²) in [6.07, 6.45) is 4.15. The van der Waals surface area contributed by atoms with Crippen LogP contribution in [0.2, 0.25) is 0 Å². The Balaban J connectivity index is 0.000000198. The first-order valence-corrected chi connectivity index (χ1v) is 7.40. The van der Waals surface area contributed by atoms with Gasteiger partial charge in [0, 0.05) is 18.4 Å². The molecule has 7 nitrogen and oxygen atoms in total. The van der Waals surface area contributed by atoms with E-state index in [0.717, 1.165) is 12.8 Å².